The third-order valence-electron chi connectivity index (χ3n) is 4.53. The van der Waals surface area contributed by atoms with Gasteiger partial charge in [0.15, 0.2) is 5.13 Å². The second-order valence-electron chi connectivity index (χ2n) is 6.37. The van der Waals surface area contributed by atoms with Crippen molar-refractivity contribution in [1.29, 1.82) is 0 Å². The summed E-state index contributed by atoms with van der Waals surface area (Å²) in [5.41, 5.74) is 1.91. The molecule has 0 radical (unpaired) electrons. The van der Waals surface area contributed by atoms with E-state index < -0.39 is 0 Å². The number of hydrogen-bond acceptors (Lipinski definition) is 5. The van der Waals surface area contributed by atoms with Gasteiger partial charge < -0.3 is 15.4 Å². The largest absolute Gasteiger partial charge is 0.370 e. The van der Waals surface area contributed by atoms with Gasteiger partial charge in [-0.2, -0.15) is 0 Å². The molecule has 0 aliphatic carbocycles. The highest BCUT2D eigenvalue weighted by Gasteiger charge is 2.24. The maximum Gasteiger partial charge on any atom is 0.238 e. The van der Waals surface area contributed by atoms with Crippen LogP contribution in [0.15, 0.2) is 66.9 Å². The number of hydrogen-bond donors (Lipinski definition) is 2. The number of aromatic nitrogens is 1. The minimum Gasteiger partial charge on any atom is -0.370 e. The van der Waals surface area contributed by atoms with Crippen LogP contribution in [0.1, 0.15) is 28.0 Å². The van der Waals surface area contributed by atoms with Crippen molar-refractivity contribution >= 4 is 22.4 Å². The number of thiazole rings is 1. The molecule has 1 aromatic heterocycles. The van der Waals surface area contributed by atoms with Gasteiger partial charge in [0.2, 0.25) is 5.91 Å². The summed E-state index contributed by atoms with van der Waals surface area (Å²) in [5, 5.41) is 6.90. The Morgan fingerprint density at radius 3 is 2.37 bits per heavy atom. The number of carbonyl (C=O) groups excluding carboxylic acids is 1. The Hall–Kier alpha value is -2.54. The zero-order valence-electron chi connectivity index (χ0n) is 14.8. The number of anilines is 1. The average Bonchev–Trinajstić information content (AvgIpc) is 3.19. The minimum absolute atomic E-state index is 0.000876. The van der Waals surface area contributed by atoms with Crippen molar-refractivity contribution in [1.82, 2.24) is 10.3 Å². The summed E-state index contributed by atoms with van der Waals surface area (Å²) in [6, 6.07) is 19.6. The Morgan fingerprint density at radius 1 is 1.11 bits per heavy atom. The third kappa shape index (κ3) is 4.24. The smallest absolute Gasteiger partial charge is 0.238 e. The van der Waals surface area contributed by atoms with Crippen molar-refractivity contribution in [3.63, 3.8) is 0 Å². The molecule has 1 aliphatic rings. The van der Waals surface area contributed by atoms with E-state index in [1.54, 1.807) is 6.20 Å². The Kier molecular flexibility index (Phi) is 5.58. The number of carbonyl (C=O) groups is 1. The molecule has 5 nitrogen and oxygen atoms in total. The van der Waals surface area contributed by atoms with Crippen molar-refractivity contribution in [3.05, 3.63) is 82.9 Å². The highest BCUT2D eigenvalue weighted by Crippen LogP contribution is 2.30. The molecular weight excluding hydrogens is 358 g/mol. The lowest BCUT2D eigenvalue weighted by Gasteiger charge is -2.22. The standard InChI is InChI=1S/C21H21N3O2S/c25-20(24-21-23-14-18(27-21)17-13-22-11-12-26-17)19(15-7-3-1-4-8-15)16-9-5-2-6-10-16/h1-10,14,17,19,22H,11-13H2,(H,23,24,25). The average molecular weight is 379 g/mol. The van der Waals surface area contributed by atoms with Crippen LogP contribution in [0.2, 0.25) is 0 Å². The van der Waals surface area contributed by atoms with Gasteiger partial charge in [-0.1, -0.05) is 72.0 Å². The molecule has 1 amide bonds. The molecule has 4 rings (SSSR count). The van der Waals surface area contributed by atoms with Crippen LogP contribution in [-0.2, 0) is 9.53 Å². The summed E-state index contributed by atoms with van der Waals surface area (Å²) in [6.45, 7) is 2.33. The Labute approximate surface area is 162 Å². The van der Waals surface area contributed by atoms with Crippen molar-refractivity contribution in [2.45, 2.75) is 12.0 Å². The first-order chi connectivity index (χ1) is 13.3. The summed E-state index contributed by atoms with van der Waals surface area (Å²) in [5.74, 6) is -0.469. The lowest BCUT2D eigenvalue weighted by Crippen LogP contribution is -2.32. The summed E-state index contributed by atoms with van der Waals surface area (Å²) in [4.78, 5) is 18.5. The Bertz CT molecular complexity index is 837. The molecule has 1 unspecified atom stereocenters. The minimum atomic E-state index is -0.382. The molecule has 1 fully saturated rings. The molecule has 2 N–H and O–H groups in total. The first-order valence-corrected chi connectivity index (χ1v) is 9.82. The summed E-state index contributed by atoms with van der Waals surface area (Å²) < 4.78 is 5.76. The first-order valence-electron chi connectivity index (χ1n) is 9.00. The van der Waals surface area contributed by atoms with E-state index in [2.05, 4.69) is 15.6 Å². The van der Waals surface area contributed by atoms with E-state index in [1.165, 1.54) is 11.3 Å². The first kappa shape index (κ1) is 17.9. The predicted molar refractivity (Wildman–Crippen MR) is 107 cm³/mol. The number of benzene rings is 2. The number of nitrogens with one attached hydrogen (secondary N) is 2. The van der Waals surface area contributed by atoms with E-state index in [4.69, 9.17) is 4.74 Å². The van der Waals surface area contributed by atoms with Crippen molar-refractivity contribution < 1.29 is 9.53 Å². The number of rotatable bonds is 5. The van der Waals surface area contributed by atoms with Crippen LogP contribution in [0.5, 0.6) is 0 Å². The lowest BCUT2D eigenvalue weighted by atomic mass is 9.90. The van der Waals surface area contributed by atoms with Gasteiger partial charge in [0.1, 0.15) is 6.10 Å². The molecule has 3 aromatic rings. The van der Waals surface area contributed by atoms with Crippen LogP contribution in [0.4, 0.5) is 5.13 Å². The molecule has 1 aliphatic heterocycles. The van der Waals surface area contributed by atoms with Crippen LogP contribution < -0.4 is 10.6 Å². The molecule has 0 spiro atoms. The molecule has 1 saturated heterocycles. The highest BCUT2D eigenvalue weighted by molar-refractivity contribution is 7.15. The number of amides is 1. The number of ether oxygens (including phenoxy) is 1. The van der Waals surface area contributed by atoms with Gasteiger partial charge in [-0.25, -0.2) is 4.98 Å². The fourth-order valence-corrected chi connectivity index (χ4v) is 4.07. The molecule has 2 aromatic carbocycles. The zero-order valence-corrected chi connectivity index (χ0v) is 15.6. The fraction of sp³-hybridized carbons (Fsp3) is 0.238. The van der Waals surface area contributed by atoms with Crippen LogP contribution in [0.3, 0.4) is 0 Å². The Balaban J connectivity index is 1.55. The van der Waals surface area contributed by atoms with Crippen LogP contribution in [0, 0.1) is 0 Å². The second kappa shape index (κ2) is 8.43. The monoisotopic (exact) mass is 379 g/mol. The second-order valence-corrected chi connectivity index (χ2v) is 7.44. The van der Waals surface area contributed by atoms with E-state index in [0.717, 1.165) is 29.1 Å². The number of morpholine rings is 1. The van der Waals surface area contributed by atoms with Gasteiger partial charge in [0.25, 0.3) is 0 Å². The van der Waals surface area contributed by atoms with Gasteiger partial charge in [0.05, 0.1) is 17.4 Å². The Morgan fingerprint density at radius 2 is 1.78 bits per heavy atom. The highest BCUT2D eigenvalue weighted by atomic mass is 32.1. The van der Waals surface area contributed by atoms with E-state index in [0.29, 0.717) is 11.7 Å². The fourth-order valence-electron chi connectivity index (χ4n) is 3.21. The van der Waals surface area contributed by atoms with Crippen molar-refractivity contribution in [3.8, 4) is 0 Å². The molecule has 2 heterocycles. The molecule has 27 heavy (non-hydrogen) atoms. The summed E-state index contributed by atoms with van der Waals surface area (Å²) >= 11 is 1.47. The van der Waals surface area contributed by atoms with E-state index in [-0.39, 0.29) is 17.9 Å². The third-order valence-corrected chi connectivity index (χ3v) is 5.53. The topological polar surface area (TPSA) is 63.2 Å². The quantitative estimate of drug-likeness (QED) is 0.711. The molecule has 0 bridgehead atoms. The molecule has 6 heteroatoms. The summed E-state index contributed by atoms with van der Waals surface area (Å²) in [6.07, 6.45) is 1.79. The van der Waals surface area contributed by atoms with E-state index in [1.807, 2.05) is 60.7 Å². The predicted octanol–water partition coefficient (Wildman–Crippen LogP) is 3.57. The van der Waals surface area contributed by atoms with E-state index in [9.17, 15) is 4.79 Å². The molecular formula is C21H21N3O2S. The van der Waals surface area contributed by atoms with Gasteiger partial charge in [-0.15, -0.1) is 0 Å². The zero-order chi connectivity index (χ0) is 18.5. The maximum absolute atomic E-state index is 13.1. The molecule has 1 atom stereocenters. The van der Waals surface area contributed by atoms with Gasteiger partial charge in [-0.3, -0.25) is 4.79 Å². The van der Waals surface area contributed by atoms with Gasteiger partial charge >= 0.3 is 0 Å². The SMILES string of the molecule is O=C(Nc1ncc(C2CNCCO2)s1)C(c1ccccc1)c1ccccc1. The van der Waals surface area contributed by atoms with Gasteiger partial charge in [0, 0.05) is 19.3 Å². The maximum atomic E-state index is 13.1. The lowest BCUT2D eigenvalue weighted by molar-refractivity contribution is -0.116. The normalized spacial score (nSPS) is 17.0. The number of nitrogens with zero attached hydrogens (tertiary/aromatic N) is 1. The van der Waals surface area contributed by atoms with Crippen molar-refractivity contribution in [2.75, 3.05) is 25.0 Å². The van der Waals surface area contributed by atoms with Gasteiger partial charge in [-0.05, 0) is 11.1 Å². The van der Waals surface area contributed by atoms with E-state index >= 15 is 0 Å². The van der Waals surface area contributed by atoms with Crippen LogP contribution in [0.25, 0.3) is 0 Å². The van der Waals surface area contributed by atoms with Crippen LogP contribution >= 0.6 is 11.3 Å². The van der Waals surface area contributed by atoms with Crippen LogP contribution in [-0.4, -0.2) is 30.6 Å². The molecule has 0 saturated carbocycles. The van der Waals surface area contributed by atoms with Crippen molar-refractivity contribution in [2.24, 2.45) is 0 Å². The summed E-state index contributed by atoms with van der Waals surface area (Å²) in [7, 11) is 0. The molecule has 138 valence electrons.